The highest BCUT2D eigenvalue weighted by atomic mass is 79.9. The van der Waals surface area contributed by atoms with E-state index in [1.54, 1.807) is 36.0 Å². The van der Waals surface area contributed by atoms with Gasteiger partial charge in [0.1, 0.15) is 11.3 Å². The largest absolute Gasteiger partial charge is 0.395 e. The van der Waals surface area contributed by atoms with Crippen molar-refractivity contribution in [2.24, 2.45) is 0 Å². The van der Waals surface area contributed by atoms with Crippen molar-refractivity contribution >= 4 is 51.1 Å². The van der Waals surface area contributed by atoms with E-state index < -0.39 is 17.4 Å². The summed E-state index contributed by atoms with van der Waals surface area (Å²) in [5, 5.41) is 15.4. The first-order valence-electron chi connectivity index (χ1n) is 9.23. The van der Waals surface area contributed by atoms with Crippen molar-refractivity contribution < 1.29 is 14.7 Å². The highest BCUT2D eigenvalue weighted by Crippen LogP contribution is 2.17. The summed E-state index contributed by atoms with van der Waals surface area (Å²) in [5.74, 6) is -0.117. The first-order chi connectivity index (χ1) is 14.4. The van der Waals surface area contributed by atoms with Crippen LogP contribution in [-0.2, 0) is 13.1 Å². The van der Waals surface area contributed by atoms with Gasteiger partial charge in [0, 0.05) is 29.1 Å². The lowest BCUT2D eigenvalue weighted by Gasteiger charge is -2.16. The Morgan fingerprint density at radius 2 is 1.90 bits per heavy atom. The molecule has 0 unspecified atom stereocenters. The smallest absolute Gasteiger partial charge is 0.269 e. The Balaban J connectivity index is 2.24. The van der Waals surface area contributed by atoms with Crippen LogP contribution in [0.4, 0.5) is 0 Å². The van der Waals surface area contributed by atoms with Gasteiger partial charge in [-0.3, -0.25) is 14.4 Å². The number of pyridine rings is 1. The third kappa shape index (κ3) is 6.60. The van der Waals surface area contributed by atoms with E-state index in [0.717, 1.165) is 22.3 Å². The topological polar surface area (TPSA) is 100 Å². The molecule has 7 nitrogen and oxygen atoms in total. The molecule has 0 bridgehead atoms. The van der Waals surface area contributed by atoms with Gasteiger partial charge in [-0.1, -0.05) is 23.7 Å². The molecule has 0 aliphatic carbocycles. The standard InChI is InChI=1S/C20H23BrClN3O4S/c1-30-10-2-7-23-19(28)17-16(21)11-15(20(29)25(17)8-9-26)18(27)24-12-13-3-5-14(22)6-4-13/h3-6,11,26H,2,7-10,12H2,1H3,(H,23,28)(H,24,27). The van der Waals surface area contributed by atoms with Crippen LogP contribution in [-0.4, -0.2) is 46.6 Å². The highest BCUT2D eigenvalue weighted by molar-refractivity contribution is 9.10. The molecule has 1 aromatic heterocycles. The molecule has 10 heteroatoms. The molecule has 3 N–H and O–H groups in total. The molecule has 162 valence electrons. The van der Waals surface area contributed by atoms with Crippen LogP contribution in [0.3, 0.4) is 0 Å². The second-order valence-corrected chi connectivity index (χ2v) is 8.62. The van der Waals surface area contributed by atoms with Crippen molar-refractivity contribution in [1.82, 2.24) is 15.2 Å². The van der Waals surface area contributed by atoms with E-state index in [1.807, 2.05) is 6.26 Å². The monoisotopic (exact) mass is 515 g/mol. The maximum atomic E-state index is 12.9. The van der Waals surface area contributed by atoms with E-state index in [2.05, 4.69) is 26.6 Å². The van der Waals surface area contributed by atoms with Crippen LogP contribution >= 0.6 is 39.3 Å². The maximum absolute atomic E-state index is 12.9. The average molecular weight is 517 g/mol. The molecular formula is C20H23BrClN3O4S. The van der Waals surface area contributed by atoms with Gasteiger partial charge in [-0.25, -0.2) is 0 Å². The Morgan fingerprint density at radius 3 is 2.53 bits per heavy atom. The zero-order valence-corrected chi connectivity index (χ0v) is 19.6. The SMILES string of the molecule is CSCCCNC(=O)c1c(Br)cc(C(=O)NCc2ccc(Cl)cc2)c(=O)n1CCO. The summed E-state index contributed by atoms with van der Waals surface area (Å²) >= 11 is 10.8. The van der Waals surface area contributed by atoms with Crippen LogP contribution in [0, 0.1) is 0 Å². The lowest BCUT2D eigenvalue weighted by molar-refractivity contribution is 0.0927. The average Bonchev–Trinajstić information content (AvgIpc) is 2.73. The number of aliphatic hydroxyl groups excluding tert-OH is 1. The normalized spacial score (nSPS) is 10.7. The minimum absolute atomic E-state index is 0.0763. The second-order valence-electron chi connectivity index (χ2n) is 6.35. The molecular weight excluding hydrogens is 494 g/mol. The predicted molar refractivity (Wildman–Crippen MR) is 123 cm³/mol. The first-order valence-corrected chi connectivity index (χ1v) is 11.8. The summed E-state index contributed by atoms with van der Waals surface area (Å²) in [6.45, 7) is 0.214. The molecule has 2 rings (SSSR count). The Labute approximate surface area is 192 Å². The molecule has 0 fully saturated rings. The summed E-state index contributed by atoms with van der Waals surface area (Å²) in [6.07, 6.45) is 2.77. The van der Waals surface area contributed by atoms with Gasteiger partial charge in [-0.05, 0) is 58.1 Å². The lowest BCUT2D eigenvalue weighted by Crippen LogP contribution is -2.38. The minimum atomic E-state index is -0.643. The minimum Gasteiger partial charge on any atom is -0.395 e. The Kier molecular flexibility index (Phi) is 9.90. The number of aliphatic hydroxyl groups is 1. The van der Waals surface area contributed by atoms with Crippen molar-refractivity contribution in [3.05, 3.63) is 67.0 Å². The van der Waals surface area contributed by atoms with Crippen molar-refractivity contribution in [1.29, 1.82) is 0 Å². The molecule has 0 saturated carbocycles. The van der Waals surface area contributed by atoms with Crippen molar-refractivity contribution in [3.8, 4) is 0 Å². The van der Waals surface area contributed by atoms with Crippen LogP contribution in [0.1, 0.15) is 32.8 Å². The van der Waals surface area contributed by atoms with Gasteiger partial charge in [0.25, 0.3) is 17.4 Å². The third-order valence-electron chi connectivity index (χ3n) is 4.20. The van der Waals surface area contributed by atoms with Crippen molar-refractivity contribution in [2.45, 2.75) is 19.5 Å². The summed E-state index contributed by atoms with van der Waals surface area (Å²) in [7, 11) is 0. The number of thioether (sulfide) groups is 1. The number of carbonyl (C=O) groups is 2. The third-order valence-corrected chi connectivity index (χ3v) is 5.76. The molecule has 0 saturated heterocycles. The molecule has 1 heterocycles. The number of nitrogens with zero attached hydrogens (tertiary/aromatic N) is 1. The maximum Gasteiger partial charge on any atom is 0.269 e. The fourth-order valence-corrected chi connectivity index (χ4v) is 3.90. The van der Waals surface area contributed by atoms with E-state index in [4.69, 9.17) is 11.6 Å². The van der Waals surface area contributed by atoms with Gasteiger partial charge in [-0.15, -0.1) is 0 Å². The molecule has 0 aliphatic heterocycles. The van der Waals surface area contributed by atoms with E-state index in [1.165, 1.54) is 6.07 Å². The van der Waals surface area contributed by atoms with Gasteiger partial charge >= 0.3 is 0 Å². The van der Waals surface area contributed by atoms with Gasteiger partial charge in [0.2, 0.25) is 0 Å². The number of benzene rings is 1. The van der Waals surface area contributed by atoms with Crippen LogP contribution in [0.5, 0.6) is 0 Å². The van der Waals surface area contributed by atoms with Crippen LogP contribution in [0.15, 0.2) is 39.6 Å². The molecule has 0 aliphatic rings. The Morgan fingerprint density at radius 1 is 1.20 bits per heavy atom. The molecule has 1 aromatic carbocycles. The van der Waals surface area contributed by atoms with Crippen LogP contribution < -0.4 is 16.2 Å². The molecule has 2 aromatic rings. The van der Waals surface area contributed by atoms with Gasteiger partial charge < -0.3 is 20.3 Å². The summed E-state index contributed by atoms with van der Waals surface area (Å²) < 4.78 is 1.42. The van der Waals surface area contributed by atoms with E-state index in [9.17, 15) is 19.5 Å². The Bertz CT molecular complexity index is 950. The summed E-state index contributed by atoms with van der Waals surface area (Å²) in [6, 6.07) is 8.30. The Hall–Kier alpha value is -1.81. The molecule has 0 radical (unpaired) electrons. The van der Waals surface area contributed by atoms with Crippen molar-refractivity contribution in [2.75, 3.05) is 25.2 Å². The number of hydrogen-bond donors (Lipinski definition) is 3. The number of carbonyl (C=O) groups excluding carboxylic acids is 2. The van der Waals surface area contributed by atoms with Crippen LogP contribution in [0.2, 0.25) is 5.02 Å². The van der Waals surface area contributed by atoms with Gasteiger partial charge in [0.05, 0.1) is 6.61 Å². The van der Waals surface area contributed by atoms with E-state index >= 15 is 0 Å². The van der Waals surface area contributed by atoms with Gasteiger partial charge in [-0.2, -0.15) is 11.8 Å². The summed E-state index contributed by atoms with van der Waals surface area (Å²) in [5.41, 5.74) is 0.134. The summed E-state index contributed by atoms with van der Waals surface area (Å²) in [4.78, 5) is 38.1. The lowest BCUT2D eigenvalue weighted by atomic mass is 10.2. The number of aromatic nitrogens is 1. The van der Waals surface area contributed by atoms with E-state index in [0.29, 0.717) is 16.0 Å². The zero-order chi connectivity index (χ0) is 22.1. The first kappa shape index (κ1) is 24.5. The van der Waals surface area contributed by atoms with Gasteiger partial charge in [0.15, 0.2) is 0 Å². The number of hydrogen-bond acceptors (Lipinski definition) is 5. The number of rotatable bonds is 10. The fourth-order valence-electron chi connectivity index (χ4n) is 2.72. The number of amides is 2. The van der Waals surface area contributed by atoms with Crippen molar-refractivity contribution in [3.63, 3.8) is 0 Å². The fraction of sp³-hybridized carbons (Fsp3) is 0.350. The van der Waals surface area contributed by atoms with Crippen LogP contribution in [0.25, 0.3) is 0 Å². The number of nitrogens with one attached hydrogen (secondary N) is 2. The predicted octanol–water partition coefficient (Wildman–Crippen LogP) is 2.67. The quantitative estimate of drug-likeness (QED) is 0.422. The zero-order valence-electron chi connectivity index (χ0n) is 16.4. The molecule has 0 atom stereocenters. The molecule has 0 spiro atoms. The second kappa shape index (κ2) is 12.1. The molecule has 30 heavy (non-hydrogen) atoms. The highest BCUT2D eigenvalue weighted by Gasteiger charge is 2.22. The number of halogens is 2. The van der Waals surface area contributed by atoms with E-state index in [-0.39, 0.29) is 31.0 Å². The molecule has 2 amide bonds.